The first-order chi connectivity index (χ1) is 20.5. The minimum atomic E-state index is -4.44. The topological polar surface area (TPSA) is 50.2 Å². The van der Waals surface area contributed by atoms with E-state index in [4.69, 9.17) is 0 Å². The third-order valence-corrected chi connectivity index (χ3v) is 8.51. The van der Waals surface area contributed by atoms with Gasteiger partial charge in [0.05, 0.1) is 5.76 Å². The number of nitrogens with zero attached hydrogens (tertiary/aromatic N) is 1. The fourth-order valence-corrected chi connectivity index (χ4v) is 5.78. The van der Waals surface area contributed by atoms with Gasteiger partial charge in [-0.15, -0.1) is 34.9 Å². The third kappa shape index (κ3) is 7.32. The molecule has 1 radical (unpaired) electrons. The molecule has 0 saturated carbocycles. The molecule has 3 nitrogen and oxygen atoms in total. The van der Waals surface area contributed by atoms with E-state index in [1.807, 2.05) is 40.7 Å². The molecule has 1 aliphatic rings. The van der Waals surface area contributed by atoms with Crippen LogP contribution in [-0.2, 0) is 36.7 Å². The fourth-order valence-electron chi connectivity index (χ4n) is 5.78. The zero-order valence-electron chi connectivity index (χ0n) is 26.5. The summed E-state index contributed by atoms with van der Waals surface area (Å²) in [4.78, 5) is 15.9. The maximum Gasteiger partial charge on any atom is 0.309 e. The molecule has 1 N–H and O–H groups in total. The molecule has 0 aliphatic heterocycles. The number of aliphatic hydroxyl groups is 1. The Morgan fingerprint density at radius 2 is 1.53 bits per heavy atom. The van der Waals surface area contributed by atoms with Crippen LogP contribution in [0.5, 0.6) is 0 Å². The quantitative estimate of drug-likeness (QED) is 0.107. The van der Waals surface area contributed by atoms with Crippen LogP contribution < -0.4 is 0 Å². The summed E-state index contributed by atoms with van der Waals surface area (Å²) in [7, 11) is 0. The SMILES string of the molecule is CCC(CC)C(=O)/C=C(\O)C(CC)CC.Cc1[c-]c(-c2nccc3c4c(ccc23)C(F)(F)C(C)(F)C(F)C4(F)F)cc(C)c1.[Ir]. The van der Waals surface area contributed by atoms with Gasteiger partial charge in [0.1, 0.15) is 0 Å². The van der Waals surface area contributed by atoms with Gasteiger partial charge in [-0.2, -0.15) is 17.6 Å². The predicted octanol–water partition coefficient (Wildman–Crippen LogP) is 10.4. The summed E-state index contributed by atoms with van der Waals surface area (Å²) in [5.74, 6) is -8.32. The molecule has 4 rings (SSSR count). The minimum Gasteiger partial charge on any atom is -0.512 e. The van der Waals surface area contributed by atoms with E-state index in [9.17, 15) is 36.2 Å². The van der Waals surface area contributed by atoms with Gasteiger partial charge in [-0.1, -0.05) is 53.7 Å². The Kier molecular flexibility index (Phi) is 12.7. The van der Waals surface area contributed by atoms with Crippen LogP contribution in [0.1, 0.15) is 82.6 Å². The zero-order chi connectivity index (χ0) is 33.2. The molecular formula is C35H40F6IrNO2-. The Hall–Kier alpha value is -2.71. The van der Waals surface area contributed by atoms with Gasteiger partial charge in [-0.05, 0) is 55.1 Å². The minimum absolute atomic E-state index is 0. The average Bonchev–Trinajstić information content (AvgIpc) is 2.96. The van der Waals surface area contributed by atoms with Gasteiger partial charge >= 0.3 is 11.8 Å². The number of aryl methyl sites for hydroxylation is 2. The van der Waals surface area contributed by atoms with E-state index in [2.05, 4.69) is 11.1 Å². The normalized spacial score (nSPS) is 20.3. The summed E-state index contributed by atoms with van der Waals surface area (Å²) >= 11 is 0. The van der Waals surface area contributed by atoms with Crippen molar-refractivity contribution in [1.82, 2.24) is 4.98 Å². The second-order valence-corrected chi connectivity index (χ2v) is 11.6. The Morgan fingerprint density at radius 1 is 0.956 bits per heavy atom. The van der Waals surface area contributed by atoms with E-state index in [-0.39, 0.29) is 66.9 Å². The smallest absolute Gasteiger partial charge is 0.309 e. The van der Waals surface area contributed by atoms with Crippen molar-refractivity contribution >= 4 is 16.6 Å². The van der Waals surface area contributed by atoms with Crippen LogP contribution in [0.3, 0.4) is 0 Å². The molecule has 0 saturated heterocycles. The maximum atomic E-state index is 14.8. The van der Waals surface area contributed by atoms with Crippen molar-refractivity contribution in [2.45, 2.75) is 97.8 Å². The number of pyridine rings is 1. The summed E-state index contributed by atoms with van der Waals surface area (Å²) in [6.07, 6.45) is 2.39. The van der Waals surface area contributed by atoms with Crippen LogP contribution in [0.25, 0.3) is 22.0 Å². The van der Waals surface area contributed by atoms with Crippen molar-refractivity contribution in [3.8, 4) is 11.3 Å². The fraction of sp³-hybridized carbons (Fsp3) is 0.486. The standard InChI is InChI=1S/C22H16F6N.C13H24O2.Ir/c1-11-8-12(2)10-13(9-11)18-15-4-5-16-17(14(15)6-7-29-18)21(25,26)19(23)20(3,24)22(16,27)28;1-5-10(6-2)12(14)9-13(15)11(7-3)8-4;/h4-9,19H,1-3H3;9-11,14H,5-8H2,1-4H3;/q-1;;/b;12-9-;. The molecule has 1 heterocycles. The molecule has 2 aromatic carbocycles. The number of rotatable bonds is 8. The molecule has 45 heavy (non-hydrogen) atoms. The number of alkyl halides is 6. The first-order valence-electron chi connectivity index (χ1n) is 15.0. The summed E-state index contributed by atoms with van der Waals surface area (Å²) in [5, 5.41) is 9.61. The van der Waals surface area contributed by atoms with Gasteiger partial charge in [0, 0.05) is 55.3 Å². The maximum absolute atomic E-state index is 14.8. The molecule has 0 spiro atoms. The number of carbonyl (C=O) groups excluding carboxylic acids is 1. The monoisotopic (exact) mass is 813 g/mol. The summed E-state index contributed by atoms with van der Waals surface area (Å²) < 4.78 is 87.8. The molecule has 0 amide bonds. The number of ketones is 1. The Labute approximate surface area is 274 Å². The van der Waals surface area contributed by atoms with Crippen molar-refractivity contribution in [2.24, 2.45) is 11.8 Å². The van der Waals surface area contributed by atoms with Crippen LogP contribution in [0.4, 0.5) is 26.3 Å². The molecule has 10 heteroatoms. The largest absolute Gasteiger partial charge is 0.512 e. The van der Waals surface area contributed by atoms with E-state index in [0.717, 1.165) is 48.9 Å². The van der Waals surface area contributed by atoms with Gasteiger partial charge in [-0.25, -0.2) is 8.78 Å². The number of aliphatic hydroxyl groups excluding tert-OH is 1. The van der Waals surface area contributed by atoms with Gasteiger partial charge in [0.2, 0.25) is 11.8 Å². The molecule has 0 fully saturated rings. The molecule has 2 atom stereocenters. The predicted molar refractivity (Wildman–Crippen MR) is 162 cm³/mol. The van der Waals surface area contributed by atoms with Crippen molar-refractivity contribution in [2.75, 3.05) is 0 Å². The van der Waals surface area contributed by atoms with Crippen molar-refractivity contribution in [1.29, 1.82) is 0 Å². The molecule has 2 unspecified atom stereocenters. The van der Waals surface area contributed by atoms with Crippen LogP contribution in [0.2, 0.25) is 0 Å². The van der Waals surface area contributed by atoms with Crippen LogP contribution >= 0.6 is 0 Å². The van der Waals surface area contributed by atoms with Gasteiger partial charge in [0.25, 0.3) is 0 Å². The number of hydrogen-bond donors (Lipinski definition) is 1. The molecule has 249 valence electrons. The Bertz CT molecular complexity index is 1510. The second kappa shape index (κ2) is 14.8. The van der Waals surface area contributed by atoms with Crippen LogP contribution in [-0.4, -0.2) is 27.7 Å². The molecule has 3 aromatic rings. The van der Waals surface area contributed by atoms with Crippen molar-refractivity contribution in [3.05, 3.63) is 76.7 Å². The molecule has 1 aromatic heterocycles. The number of allylic oxidation sites excluding steroid dienone is 2. The Morgan fingerprint density at radius 3 is 2.07 bits per heavy atom. The molecular weight excluding hydrogens is 773 g/mol. The van der Waals surface area contributed by atoms with Crippen molar-refractivity contribution in [3.63, 3.8) is 0 Å². The number of aromatic nitrogens is 1. The van der Waals surface area contributed by atoms with E-state index < -0.39 is 34.8 Å². The third-order valence-electron chi connectivity index (χ3n) is 8.51. The van der Waals surface area contributed by atoms with Gasteiger partial charge in [0.15, 0.2) is 5.78 Å². The Balaban J connectivity index is 0.000000378. The second-order valence-electron chi connectivity index (χ2n) is 11.6. The van der Waals surface area contributed by atoms with E-state index in [1.165, 1.54) is 18.3 Å². The molecule has 1 aliphatic carbocycles. The van der Waals surface area contributed by atoms with E-state index >= 15 is 0 Å². The summed E-state index contributed by atoms with van der Waals surface area (Å²) in [6, 6.07) is 9.72. The van der Waals surface area contributed by atoms with E-state index in [1.54, 1.807) is 13.0 Å². The zero-order valence-corrected chi connectivity index (χ0v) is 28.9. The number of halogens is 6. The van der Waals surface area contributed by atoms with Crippen LogP contribution in [0.15, 0.2) is 48.4 Å². The first-order valence-corrected chi connectivity index (χ1v) is 15.0. The first kappa shape index (κ1) is 38.5. The number of hydrogen-bond acceptors (Lipinski definition) is 3. The number of fused-ring (bicyclic) bond motifs is 3. The molecule has 0 bridgehead atoms. The van der Waals surface area contributed by atoms with Gasteiger partial charge < -0.3 is 10.1 Å². The average molecular weight is 813 g/mol. The number of carbonyl (C=O) groups is 1. The summed E-state index contributed by atoms with van der Waals surface area (Å²) in [5.41, 5.74) is -4.06. The van der Waals surface area contributed by atoms with E-state index in [0.29, 0.717) is 5.56 Å². The van der Waals surface area contributed by atoms with Crippen molar-refractivity contribution < 1.29 is 56.3 Å². The number of benzene rings is 2. The van der Waals surface area contributed by atoms with Crippen LogP contribution in [0, 0.1) is 31.7 Å². The van der Waals surface area contributed by atoms with Gasteiger partial charge in [-0.3, -0.25) is 4.79 Å². The summed E-state index contributed by atoms with van der Waals surface area (Å²) in [6.45, 7) is 11.9.